The highest BCUT2D eigenvalue weighted by molar-refractivity contribution is 7.89. The van der Waals surface area contributed by atoms with Crippen LogP contribution in [0, 0.1) is 10.1 Å². The van der Waals surface area contributed by atoms with E-state index in [0.717, 1.165) is 18.2 Å². The van der Waals surface area contributed by atoms with Crippen molar-refractivity contribution in [2.45, 2.75) is 11.5 Å². The number of methoxy groups -OCH3 is 1. The molecule has 0 fully saturated rings. The molecule has 0 saturated heterocycles. The number of nitro benzene ring substituents is 1. The quantitative estimate of drug-likeness (QED) is 0.456. The number of sulfonamides is 1. The van der Waals surface area contributed by atoms with Crippen LogP contribution in [0.5, 0.6) is 11.5 Å². The molecule has 3 rings (SSSR count). The monoisotopic (exact) mass is 406 g/mol. The number of nitrogens with two attached hydrogens (primary N) is 1. The molecule has 28 heavy (non-hydrogen) atoms. The van der Waals surface area contributed by atoms with E-state index in [1.54, 1.807) is 24.3 Å². The smallest absolute Gasteiger partial charge is 0.312 e. The van der Waals surface area contributed by atoms with Gasteiger partial charge in [0.15, 0.2) is 12.4 Å². The molecule has 11 nitrogen and oxygen atoms in total. The summed E-state index contributed by atoms with van der Waals surface area (Å²) in [5.41, 5.74) is 0.0943. The SMILES string of the molecule is COc1cccc(-c2noc(COc3ccc(S(N)(=O)=O)cc3[N+](=O)[O-])n2)c1. The zero-order valence-electron chi connectivity index (χ0n) is 14.4. The number of primary sulfonamides is 1. The molecular weight excluding hydrogens is 392 g/mol. The summed E-state index contributed by atoms with van der Waals surface area (Å²) in [5, 5.41) is 20.0. The fourth-order valence-corrected chi connectivity index (χ4v) is 2.80. The van der Waals surface area contributed by atoms with E-state index in [1.165, 1.54) is 7.11 Å². The Hall–Kier alpha value is -3.51. The molecule has 2 N–H and O–H groups in total. The maximum Gasteiger partial charge on any atom is 0.312 e. The molecule has 1 aromatic heterocycles. The van der Waals surface area contributed by atoms with Crippen LogP contribution in [0.2, 0.25) is 0 Å². The number of nitro groups is 1. The van der Waals surface area contributed by atoms with Crippen molar-refractivity contribution in [1.29, 1.82) is 0 Å². The number of aromatic nitrogens is 2. The molecule has 0 atom stereocenters. The van der Waals surface area contributed by atoms with Crippen molar-refractivity contribution >= 4 is 15.7 Å². The van der Waals surface area contributed by atoms with Gasteiger partial charge in [0.2, 0.25) is 15.8 Å². The second-order valence-electron chi connectivity index (χ2n) is 5.46. The third-order valence-corrected chi connectivity index (χ3v) is 4.51. The average Bonchev–Trinajstić information content (AvgIpc) is 3.14. The second kappa shape index (κ2) is 7.62. The molecule has 0 spiro atoms. The fraction of sp³-hybridized carbons (Fsp3) is 0.125. The predicted molar refractivity (Wildman–Crippen MR) is 95.1 cm³/mol. The standard InChI is InChI=1S/C16H14N4O7S/c1-25-11-4-2-3-10(7-11)16-18-15(27-19-16)9-26-14-6-5-12(28(17,23)24)8-13(14)20(21)22/h2-8H,9H2,1H3,(H2,17,23,24). The topological polar surface area (TPSA) is 161 Å². The van der Waals surface area contributed by atoms with Gasteiger partial charge < -0.3 is 14.0 Å². The van der Waals surface area contributed by atoms with Crippen molar-refractivity contribution in [2.24, 2.45) is 5.14 Å². The van der Waals surface area contributed by atoms with Crippen molar-refractivity contribution < 1.29 is 27.3 Å². The van der Waals surface area contributed by atoms with Gasteiger partial charge in [-0.3, -0.25) is 10.1 Å². The van der Waals surface area contributed by atoms with Gasteiger partial charge >= 0.3 is 5.69 Å². The molecule has 0 aliphatic carbocycles. The lowest BCUT2D eigenvalue weighted by Gasteiger charge is -2.05. The number of ether oxygens (including phenoxy) is 2. The molecule has 1 heterocycles. The molecule has 0 amide bonds. The first-order valence-corrected chi connectivity index (χ1v) is 9.23. The van der Waals surface area contributed by atoms with Crippen LogP contribution in [0.1, 0.15) is 5.89 Å². The summed E-state index contributed by atoms with van der Waals surface area (Å²) in [4.78, 5) is 14.2. The number of hydrogen-bond acceptors (Lipinski definition) is 9. The normalized spacial score (nSPS) is 11.2. The molecule has 0 unspecified atom stereocenters. The Bertz CT molecular complexity index is 1130. The van der Waals surface area contributed by atoms with E-state index >= 15 is 0 Å². The van der Waals surface area contributed by atoms with Gasteiger partial charge in [0, 0.05) is 11.6 Å². The van der Waals surface area contributed by atoms with Crippen molar-refractivity contribution in [1.82, 2.24) is 10.1 Å². The first kappa shape index (κ1) is 19.3. The van der Waals surface area contributed by atoms with Crippen molar-refractivity contribution in [3.05, 3.63) is 58.5 Å². The van der Waals surface area contributed by atoms with Crippen molar-refractivity contribution in [3.63, 3.8) is 0 Å². The van der Waals surface area contributed by atoms with Crippen LogP contribution in [0.25, 0.3) is 11.4 Å². The Kier molecular flexibility index (Phi) is 5.24. The highest BCUT2D eigenvalue weighted by Crippen LogP contribution is 2.30. The molecule has 0 radical (unpaired) electrons. The van der Waals surface area contributed by atoms with Gasteiger partial charge in [-0.25, -0.2) is 13.6 Å². The Morgan fingerprint density at radius 3 is 2.71 bits per heavy atom. The molecule has 0 saturated carbocycles. The number of nitrogens with zero attached hydrogens (tertiary/aromatic N) is 3. The Labute approximate surface area is 158 Å². The minimum Gasteiger partial charge on any atom is -0.497 e. The average molecular weight is 406 g/mol. The van der Waals surface area contributed by atoms with E-state index in [0.29, 0.717) is 11.3 Å². The first-order valence-electron chi connectivity index (χ1n) is 7.69. The zero-order chi connectivity index (χ0) is 20.3. The summed E-state index contributed by atoms with van der Waals surface area (Å²) in [6.07, 6.45) is 0. The molecule has 0 aliphatic rings. The summed E-state index contributed by atoms with van der Waals surface area (Å²) in [7, 11) is -2.56. The predicted octanol–water partition coefficient (Wildman–Crippen LogP) is 1.88. The summed E-state index contributed by atoms with van der Waals surface area (Å²) >= 11 is 0. The van der Waals surface area contributed by atoms with E-state index in [4.69, 9.17) is 19.1 Å². The summed E-state index contributed by atoms with van der Waals surface area (Å²) in [5.74, 6) is 0.809. The minimum atomic E-state index is -4.09. The largest absolute Gasteiger partial charge is 0.497 e. The van der Waals surface area contributed by atoms with E-state index < -0.39 is 25.5 Å². The number of benzene rings is 2. The Morgan fingerprint density at radius 2 is 2.04 bits per heavy atom. The van der Waals surface area contributed by atoms with Crippen LogP contribution >= 0.6 is 0 Å². The maximum atomic E-state index is 11.4. The van der Waals surface area contributed by atoms with Gasteiger partial charge in [0.1, 0.15) is 5.75 Å². The van der Waals surface area contributed by atoms with E-state index in [9.17, 15) is 18.5 Å². The van der Waals surface area contributed by atoms with E-state index in [-0.39, 0.29) is 24.1 Å². The van der Waals surface area contributed by atoms with Gasteiger partial charge in [0.05, 0.1) is 16.9 Å². The van der Waals surface area contributed by atoms with Crippen LogP contribution in [0.4, 0.5) is 5.69 Å². The number of hydrogen-bond donors (Lipinski definition) is 1. The lowest BCUT2D eigenvalue weighted by Crippen LogP contribution is -2.12. The van der Waals surface area contributed by atoms with Gasteiger partial charge in [0.25, 0.3) is 5.89 Å². The van der Waals surface area contributed by atoms with Crippen molar-refractivity contribution in [3.8, 4) is 22.9 Å². The van der Waals surface area contributed by atoms with Gasteiger partial charge in [-0.1, -0.05) is 17.3 Å². The number of rotatable bonds is 7. The Morgan fingerprint density at radius 1 is 1.25 bits per heavy atom. The van der Waals surface area contributed by atoms with Crippen LogP contribution in [0.3, 0.4) is 0 Å². The molecule has 146 valence electrons. The highest BCUT2D eigenvalue weighted by atomic mass is 32.2. The second-order valence-corrected chi connectivity index (χ2v) is 7.03. The van der Waals surface area contributed by atoms with Crippen molar-refractivity contribution in [2.75, 3.05) is 7.11 Å². The molecule has 12 heteroatoms. The molecular formula is C16H14N4O7S. The molecule has 3 aromatic rings. The van der Waals surface area contributed by atoms with Gasteiger partial charge in [-0.15, -0.1) is 0 Å². The lowest BCUT2D eigenvalue weighted by atomic mass is 10.2. The fourth-order valence-electron chi connectivity index (χ4n) is 2.27. The summed E-state index contributed by atoms with van der Waals surface area (Å²) in [6, 6.07) is 10.1. The minimum absolute atomic E-state index is 0.0719. The maximum absolute atomic E-state index is 11.4. The molecule has 0 aliphatic heterocycles. The summed E-state index contributed by atoms with van der Waals surface area (Å²) in [6.45, 7) is -0.257. The Balaban J connectivity index is 1.79. The molecule has 2 aromatic carbocycles. The zero-order valence-corrected chi connectivity index (χ0v) is 15.3. The van der Waals surface area contributed by atoms with Gasteiger partial charge in [-0.2, -0.15) is 4.98 Å². The summed E-state index contributed by atoms with van der Waals surface area (Å²) < 4.78 is 38.3. The van der Waals surface area contributed by atoms with Crippen LogP contribution in [-0.2, 0) is 16.6 Å². The third-order valence-electron chi connectivity index (χ3n) is 3.60. The van der Waals surface area contributed by atoms with E-state index in [1.807, 2.05) is 0 Å². The van der Waals surface area contributed by atoms with E-state index in [2.05, 4.69) is 10.1 Å². The van der Waals surface area contributed by atoms with Crippen LogP contribution < -0.4 is 14.6 Å². The first-order chi connectivity index (χ1) is 13.3. The van der Waals surface area contributed by atoms with Crippen LogP contribution in [-0.4, -0.2) is 30.6 Å². The highest BCUT2D eigenvalue weighted by Gasteiger charge is 2.21. The van der Waals surface area contributed by atoms with Gasteiger partial charge in [-0.05, 0) is 24.3 Å². The van der Waals surface area contributed by atoms with Crippen LogP contribution in [0.15, 0.2) is 51.9 Å². The third kappa shape index (κ3) is 4.24. The molecule has 0 bridgehead atoms. The lowest BCUT2D eigenvalue weighted by molar-refractivity contribution is -0.386.